The normalized spacial score (nSPS) is 14.4. The molecule has 0 radical (unpaired) electrons. The van der Waals surface area contributed by atoms with Crippen LogP contribution in [0.3, 0.4) is 0 Å². The molecule has 0 fully saturated rings. The molecule has 0 aliphatic heterocycles. The Labute approximate surface area is 696 Å². The maximum absolute atomic E-state index is 15.6. The SMILES string of the molecule is CCCC(N)NCC(=O)N(CC(=O)N(CC(=O)N(CC(=O)N(CC(=O)N(CC(=O)N(CC(=O)N(CC(=O)N(CC(=O)N(CC(=O)N(CC(=O)N(CC(N)=O)C(C)c1ccccc1)C(C)CC)C(N)CCC)C(C)c1ccccc1)C(C)CC)C(N)CCC)C(C)c1ccccc1)C(C)CC)C(N)CCC)C(C)c1ccccc1)C(C)CC. The van der Waals surface area contributed by atoms with Crippen molar-refractivity contribution in [3.63, 3.8) is 0 Å². The molecule has 29 heteroatoms. The Kier molecular flexibility index (Phi) is 43.3. The average Bonchev–Trinajstić information content (AvgIpc) is 0.823. The topological polar surface area (TPSA) is 383 Å². The Morgan fingerprint density at radius 3 is 0.667 bits per heavy atom. The molecule has 117 heavy (non-hydrogen) atoms. The second-order valence-corrected chi connectivity index (χ2v) is 30.9. The van der Waals surface area contributed by atoms with Crippen LogP contribution < -0.4 is 34.0 Å². The summed E-state index contributed by atoms with van der Waals surface area (Å²) in [5, 5.41) is 3.07. The van der Waals surface area contributed by atoms with Crippen molar-refractivity contribution in [2.75, 3.05) is 78.5 Å². The molecule has 4 aromatic rings. The van der Waals surface area contributed by atoms with E-state index in [1.807, 2.05) is 111 Å². The van der Waals surface area contributed by atoms with Gasteiger partial charge in [0.05, 0.1) is 61.9 Å². The number of hydrogen-bond donors (Lipinski definition) is 6. The average molecular weight is 1630 g/mol. The Bertz CT molecular complexity index is 3770. The minimum atomic E-state index is -1.09. The Hall–Kier alpha value is -9.68. The van der Waals surface area contributed by atoms with Crippen LogP contribution in [-0.4, -0.2) is 252 Å². The summed E-state index contributed by atoms with van der Waals surface area (Å²) >= 11 is 0. The summed E-state index contributed by atoms with van der Waals surface area (Å²) in [7, 11) is 0. The fourth-order valence-electron chi connectivity index (χ4n) is 14.0. The van der Waals surface area contributed by atoms with E-state index < -0.39 is 197 Å². The number of rotatable bonds is 52. The molecule has 0 heterocycles. The number of amides is 12. The van der Waals surface area contributed by atoms with Crippen molar-refractivity contribution < 1.29 is 57.5 Å². The van der Waals surface area contributed by atoms with E-state index in [0.29, 0.717) is 68.1 Å². The molecule has 0 aromatic heterocycles. The summed E-state index contributed by atoms with van der Waals surface area (Å²) in [4.78, 5) is 193. The van der Waals surface area contributed by atoms with Crippen molar-refractivity contribution in [3.8, 4) is 0 Å². The van der Waals surface area contributed by atoms with Crippen LogP contribution in [0.4, 0.5) is 0 Å². The molecule has 0 bridgehead atoms. The molecule has 0 saturated heterocycles. The van der Waals surface area contributed by atoms with Crippen LogP contribution in [0.1, 0.15) is 234 Å². The van der Waals surface area contributed by atoms with Gasteiger partial charge in [0, 0.05) is 24.2 Å². The molecule has 0 spiro atoms. The lowest BCUT2D eigenvalue weighted by Crippen LogP contribution is -2.58. The number of carbonyl (C=O) groups excluding carboxylic acids is 12. The number of carbonyl (C=O) groups is 12. The zero-order valence-corrected chi connectivity index (χ0v) is 72.7. The molecule has 0 saturated carbocycles. The predicted octanol–water partition coefficient (Wildman–Crippen LogP) is 7.75. The Morgan fingerprint density at radius 1 is 0.265 bits per heavy atom. The molecule has 12 unspecified atom stereocenters. The van der Waals surface area contributed by atoms with Gasteiger partial charge in [-0.1, -0.05) is 202 Å². The number of nitrogens with zero attached hydrogens (tertiary/aromatic N) is 11. The van der Waals surface area contributed by atoms with E-state index in [-0.39, 0.29) is 44.3 Å². The summed E-state index contributed by atoms with van der Waals surface area (Å²) in [6, 6.07) is 31.0. The van der Waals surface area contributed by atoms with Crippen molar-refractivity contribution in [1.29, 1.82) is 0 Å². The highest BCUT2D eigenvalue weighted by Gasteiger charge is 2.40. The van der Waals surface area contributed by atoms with Gasteiger partial charge in [0.15, 0.2) is 0 Å². The summed E-state index contributed by atoms with van der Waals surface area (Å²) in [6.07, 6.45) is 1.69. The van der Waals surface area contributed by atoms with Crippen LogP contribution >= 0.6 is 0 Å². The lowest BCUT2D eigenvalue weighted by molar-refractivity contribution is -0.153. The van der Waals surface area contributed by atoms with Crippen molar-refractivity contribution in [2.24, 2.45) is 28.7 Å². The molecule has 4 aromatic carbocycles. The second kappa shape index (κ2) is 50.8. The van der Waals surface area contributed by atoms with Gasteiger partial charge in [-0.15, -0.1) is 0 Å². The van der Waals surface area contributed by atoms with Crippen LogP contribution in [0.2, 0.25) is 0 Å². The zero-order chi connectivity index (χ0) is 87.3. The van der Waals surface area contributed by atoms with E-state index in [0.717, 1.165) is 12.0 Å². The number of nitrogens with one attached hydrogen (secondary N) is 1. The molecule has 11 N–H and O–H groups in total. The first-order chi connectivity index (χ1) is 55.6. The van der Waals surface area contributed by atoms with Gasteiger partial charge in [0.1, 0.15) is 65.4 Å². The van der Waals surface area contributed by atoms with Crippen LogP contribution in [-0.2, 0) is 57.5 Å². The first-order valence-electron chi connectivity index (χ1n) is 42.1. The van der Waals surface area contributed by atoms with E-state index in [2.05, 4.69) is 5.32 Å². The second-order valence-electron chi connectivity index (χ2n) is 30.9. The quantitative estimate of drug-likeness (QED) is 0.0230. The van der Waals surface area contributed by atoms with Gasteiger partial charge in [-0.2, -0.15) is 0 Å². The van der Waals surface area contributed by atoms with Crippen molar-refractivity contribution in [3.05, 3.63) is 144 Å². The number of benzene rings is 4. The summed E-state index contributed by atoms with van der Waals surface area (Å²) in [6.45, 7) is 23.0. The van der Waals surface area contributed by atoms with E-state index in [4.69, 9.17) is 28.7 Å². The smallest absolute Gasteiger partial charge is 0.243 e. The maximum Gasteiger partial charge on any atom is 0.243 e. The molecule has 29 nitrogen and oxygen atoms in total. The number of nitrogens with two attached hydrogens (primary N) is 5. The fourth-order valence-corrected chi connectivity index (χ4v) is 14.0. The van der Waals surface area contributed by atoms with Crippen molar-refractivity contribution >= 4 is 70.9 Å². The first kappa shape index (κ1) is 99.7. The number of hydrogen-bond acceptors (Lipinski definition) is 17. The molecule has 0 aliphatic rings. The van der Waals surface area contributed by atoms with Gasteiger partial charge in [-0.05, 0) is 129 Å². The zero-order valence-electron chi connectivity index (χ0n) is 72.7. The van der Waals surface area contributed by atoms with Gasteiger partial charge >= 0.3 is 0 Å². The van der Waals surface area contributed by atoms with Crippen LogP contribution in [0, 0.1) is 0 Å². The molecule has 0 aliphatic carbocycles. The van der Waals surface area contributed by atoms with E-state index in [1.165, 1.54) is 53.9 Å². The molecular weight excluding hydrogens is 1490 g/mol. The third kappa shape index (κ3) is 30.3. The highest BCUT2D eigenvalue weighted by Crippen LogP contribution is 2.28. The van der Waals surface area contributed by atoms with E-state index in [9.17, 15) is 24.0 Å². The third-order valence-corrected chi connectivity index (χ3v) is 22.5. The van der Waals surface area contributed by atoms with E-state index >= 15 is 33.6 Å². The van der Waals surface area contributed by atoms with Crippen LogP contribution in [0.25, 0.3) is 0 Å². The Balaban J connectivity index is 1.74. The summed E-state index contributed by atoms with van der Waals surface area (Å²) in [5.74, 6) is -7.51. The monoisotopic (exact) mass is 1630 g/mol. The van der Waals surface area contributed by atoms with Gasteiger partial charge in [0.25, 0.3) is 0 Å². The standard InChI is InChI=1S/C88H139N17O12/c1-17-37-73(89)94-49-78(107)95(61(9)21-5)51-83(112)100(66(14)70-43-31-26-32-44-70)55-86(115)104(75(91)39-19-3)59-80(109)97(63(11)23-7)53-85(114)102(68(16)72-47-35-28-36-48-72)57-88(117)105(76(92)40-20-4)60-81(110)98(64(12)24-8)54-84(113)101(67(15)71-45-33-27-34-46-71)56-87(116)103(74(90)38-18-2)58-79(108)96(62(10)22-6)52-82(111)99(50-77(93)106)65(13)69-41-29-25-30-42-69/h25-36,41-48,61-68,73-76,94H,17-24,37-40,49-60,89-92H2,1-16H3,(H2,93,106). The molecule has 12 amide bonds. The van der Waals surface area contributed by atoms with Gasteiger partial charge in [0.2, 0.25) is 70.9 Å². The first-order valence-corrected chi connectivity index (χ1v) is 42.1. The minimum absolute atomic E-state index is 0.112. The fraction of sp³-hybridized carbons (Fsp3) is 0.591. The third-order valence-electron chi connectivity index (χ3n) is 22.5. The van der Waals surface area contributed by atoms with Gasteiger partial charge in [-0.25, -0.2) is 0 Å². The molecule has 4 rings (SSSR count). The van der Waals surface area contributed by atoms with Gasteiger partial charge < -0.3 is 82.6 Å². The highest BCUT2D eigenvalue weighted by atomic mass is 16.2. The Morgan fingerprint density at radius 2 is 0.453 bits per heavy atom. The largest absolute Gasteiger partial charge is 0.368 e. The summed E-state index contributed by atoms with van der Waals surface area (Å²) in [5.41, 5.74) is 35.3. The molecule has 648 valence electrons. The van der Waals surface area contributed by atoms with Gasteiger partial charge in [-0.3, -0.25) is 62.9 Å². The minimum Gasteiger partial charge on any atom is -0.368 e. The summed E-state index contributed by atoms with van der Waals surface area (Å²) < 4.78 is 0. The van der Waals surface area contributed by atoms with Crippen LogP contribution in [0.5, 0.6) is 0 Å². The van der Waals surface area contributed by atoms with Crippen molar-refractivity contribution in [1.82, 2.24) is 59.2 Å². The maximum atomic E-state index is 15.6. The number of primary amides is 1. The highest BCUT2D eigenvalue weighted by molar-refractivity contribution is 5.96. The lowest BCUT2D eigenvalue weighted by Gasteiger charge is -2.39. The van der Waals surface area contributed by atoms with Crippen LogP contribution in [0.15, 0.2) is 121 Å². The van der Waals surface area contributed by atoms with Crippen molar-refractivity contribution in [2.45, 2.75) is 261 Å². The van der Waals surface area contributed by atoms with E-state index in [1.54, 1.807) is 121 Å². The molecular formula is C88H139N17O12. The lowest BCUT2D eigenvalue weighted by atomic mass is 10.1. The molecule has 12 atom stereocenters. The predicted molar refractivity (Wildman–Crippen MR) is 456 cm³/mol.